The van der Waals surface area contributed by atoms with Crippen LogP contribution in [0.15, 0.2) is 48.5 Å². The third-order valence-electron chi connectivity index (χ3n) is 7.02. The van der Waals surface area contributed by atoms with Crippen LogP contribution in [0.4, 0.5) is 4.79 Å². The second-order valence-corrected chi connectivity index (χ2v) is 9.15. The van der Waals surface area contributed by atoms with Crippen molar-refractivity contribution in [3.05, 3.63) is 59.7 Å². The number of piperazine rings is 1. The number of fused-ring (bicyclic) bond motifs is 3. The van der Waals surface area contributed by atoms with Gasteiger partial charge < -0.3 is 24.8 Å². The summed E-state index contributed by atoms with van der Waals surface area (Å²) in [5.74, 6) is -1.09. The lowest BCUT2D eigenvalue weighted by Crippen LogP contribution is -2.55. The average molecular weight is 480 g/mol. The highest BCUT2D eigenvalue weighted by molar-refractivity contribution is 5.83. The minimum atomic E-state index is -0.878. The van der Waals surface area contributed by atoms with Crippen molar-refractivity contribution in [2.45, 2.75) is 24.5 Å². The van der Waals surface area contributed by atoms with Gasteiger partial charge in [0.05, 0.1) is 12.6 Å². The van der Waals surface area contributed by atoms with Gasteiger partial charge in [-0.2, -0.15) is 0 Å². The second-order valence-electron chi connectivity index (χ2n) is 9.15. The third kappa shape index (κ3) is 4.87. The number of alkyl carbamates (subject to hydrolysis) is 1. The molecule has 0 radical (unpaired) electrons. The first-order valence-corrected chi connectivity index (χ1v) is 12.0. The van der Waals surface area contributed by atoms with Gasteiger partial charge in [0.25, 0.3) is 5.91 Å². The summed E-state index contributed by atoms with van der Waals surface area (Å²) in [6.45, 7) is 2.41. The highest BCUT2D eigenvalue weighted by atomic mass is 16.6. The summed E-state index contributed by atoms with van der Waals surface area (Å²) < 4.78 is 11.3. The average Bonchev–Trinajstić information content (AvgIpc) is 3.45. The maximum Gasteiger partial charge on any atom is 0.407 e. The van der Waals surface area contributed by atoms with Crippen molar-refractivity contribution in [1.82, 2.24) is 15.1 Å². The predicted molar refractivity (Wildman–Crippen MR) is 127 cm³/mol. The number of hydrogen-bond donors (Lipinski definition) is 2. The zero-order valence-corrected chi connectivity index (χ0v) is 19.4. The Morgan fingerprint density at radius 3 is 2.23 bits per heavy atom. The van der Waals surface area contributed by atoms with Crippen molar-refractivity contribution in [2.75, 3.05) is 45.9 Å². The van der Waals surface area contributed by atoms with Gasteiger partial charge in [-0.1, -0.05) is 48.5 Å². The molecule has 2 saturated heterocycles. The number of hydrogen-bond acceptors (Lipinski definition) is 6. The van der Waals surface area contributed by atoms with Crippen LogP contribution in [0.5, 0.6) is 0 Å². The molecular weight excluding hydrogens is 450 g/mol. The minimum absolute atomic E-state index is 0.0338. The lowest BCUT2D eigenvalue weighted by molar-refractivity contribution is -0.144. The number of carboxylic acids is 1. The zero-order chi connectivity index (χ0) is 24.4. The van der Waals surface area contributed by atoms with Gasteiger partial charge in [0.15, 0.2) is 6.10 Å². The maximum absolute atomic E-state index is 13.0. The molecule has 2 fully saturated rings. The molecule has 184 valence electrons. The number of nitrogens with zero attached hydrogens (tertiary/aromatic N) is 2. The Morgan fingerprint density at radius 1 is 0.971 bits per heavy atom. The van der Waals surface area contributed by atoms with E-state index in [2.05, 4.69) is 29.6 Å². The van der Waals surface area contributed by atoms with Gasteiger partial charge in [-0.15, -0.1) is 0 Å². The SMILES string of the molecule is O=C(O)CN1CCN(C(=O)[C@H]2OCC[C@H]2NC(=O)OCC2c3ccccc3-c3ccccc32)CC1. The molecule has 2 aromatic rings. The van der Waals surface area contributed by atoms with E-state index < -0.39 is 24.2 Å². The van der Waals surface area contributed by atoms with Gasteiger partial charge in [-0.05, 0) is 28.7 Å². The third-order valence-corrected chi connectivity index (χ3v) is 7.02. The molecule has 0 bridgehead atoms. The molecule has 2 N–H and O–H groups in total. The molecule has 5 rings (SSSR count). The summed E-state index contributed by atoms with van der Waals surface area (Å²) in [5, 5.41) is 11.8. The van der Waals surface area contributed by atoms with Gasteiger partial charge in [0.1, 0.15) is 6.61 Å². The quantitative estimate of drug-likeness (QED) is 0.652. The van der Waals surface area contributed by atoms with Gasteiger partial charge >= 0.3 is 12.1 Å². The van der Waals surface area contributed by atoms with Crippen LogP contribution in [-0.2, 0) is 19.1 Å². The van der Waals surface area contributed by atoms with Gasteiger partial charge in [0, 0.05) is 38.7 Å². The number of carboxylic acid groups (broad SMARTS) is 1. The van der Waals surface area contributed by atoms with Crippen molar-refractivity contribution < 1.29 is 29.0 Å². The van der Waals surface area contributed by atoms with E-state index in [-0.39, 0.29) is 25.0 Å². The minimum Gasteiger partial charge on any atom is -0.480 e. The number of nitrogens with one attached hydrogen (secondary N) is 1. The normalized spacial score (nSPS) is 21.9. The molecule has 2 aromatic carbocycles. The first-order valence-electron chi connectivity index (χ1n) is 12.0. The predicted octanol–water partition coefficient (Wildman–Crippen LogP) is 1.91. The molecule has 3 aliphatic rings. The fourth-order valence-corrected chi connectivity index (χ4v) is 5.27. The van der Waals surface area contributed by atoms with Crippen molar-refractivity contribution in [1.29, 1.82) is 0 Å². The number of rotatable bonds is 6. The molecule has 2 aliphatic heterocycles. The van der Waals surface area contributed by atoms with E-state index >= 15 is 0 Å². The second kappa shape index (κ2) is 10.1. The van der Waals surface area contributed by atoms with E-state index in [0.29, 0.717) is 39.2 Å². The lowest BCUT2D eigenvalue weighted by Gasteiger charge is -2.35. The first kappa shape index (κ1) is 23.3. The van der Waals surface area contributed by atoms with E-state index in [1.807, 2.05) is 24.3 Å². The molecular formula is C26H29N3O6. The van der Waals surface area contributed by atoms with Crippen LogP contribution >= 0.6 is 0 Å². The molecule has 35 heavy (non-hydrogen) atoms. The number of ether oxygens (including phenoxy) is 2. The molecule has 0 unspecified atom stereocenters. The number of benzene rings is 2. The zero-order valence-electron chi connectivity index (χ0n) is 19.4. The fourth-order valence-electron chi connectivity index (χ4n) is 5.27. The summed E-state index contributed by atoms with van der Waals surface area (Å²) in [4.78, 5) is 40.1. The van der Waals surface area contributed by atoms with Crippen LogP contribution in [0, 0.1) is 0 Å². The van der Waals surface area contributed by atoms with Crippen LogP contribution in [0.3, 0.4) is 0 Å². The summed E-state index contributed by atoms with van der Waals surface area (Å²) in [5.41, 5.74) is 4.60. The molecule has 9 heteroatoms. The Hall–Kier alpha value is -3.43. The standard InChI is InChI=1S/C26H29N3O6/c30-23(31)15-28-10-12-29(13-11-28)25(32)24-22(9-14-34-24)27-26(33)35-16-21-19-7-3-1-5-17(19)18-6-2-4-8-20(18)21/h1-8,21-22,24H,9-16H2,(H,27,33)(H,30,31)/t22-,24+/m1/s1. The van der Waals surface area contributed by atoms with Crippen molar-refractivity contribution in [2.24, 2.45) is 0 Å². The van der Waals surface area contributed by atoms with Gasteiger partial charge in [-0.3, -0.25) is 14.5 Å². The molecule has 2 amide bonds. The monoisotopic (exact) mass is 479 g/mol. The number of carbonyl (C=O) groups is 3. The Labute approximate surface area is 203 Å². The highest BCUT2D eigenvalue weighted by Gasteiger charge is 2.39. The topological polar surface area (TPSA) is 108 Å². The summed E-state index contributed by atoms with van der Waals surface area (Å²) in [7, 11) is 0. The van der Waals surface area contributed by atoms with Gasteiger partial charge in [0.2, 0.25) is 0 Å². The van der Waals surface area contributed by atoms with Crippen LogP contribution in [0.2, 0.25) is 0 Å². The van der Waals surface area contributed by atoms with E-state index in [9.17, 15) is 14.4 Å². The lowest BCUT2D eigenvalue weighted by atomic mass is 9.98. The van der Waals surface area contributed by atoms with Crippen LogP contribution in [-0.4, -0.2) is 91.0 Å². The highest BCUT2D eigenvalue weighted by Crippen LogP contribution is 2.44. The van der Waals surface area contributed by atoms with E-state index in [1.54, 1.807) is 9.80 Å². The number of carbonyl (C=O) groups excluding carboxylic acids is 2. The van der Waals surface area contributed by atoms with Crippen LogP contribution in [0.1, 0.15) is 23.5 Å². The Morgan fingerprint density at radius 2 is 1.60 bits per heavy atom. The molecule has 9 nitrogen and oxygen atoms in total. The number of amides is 2. The van der Waals surface area contributed by atoms with Crippen molar-refractivity contribution in [3.63, 3.8) is 0 Å². The van der Waals surface area contributed by atoms with Crippen molar-refractivity contribution in [3.8, 4) is 11.1 Å². The summed E-state index contributed by atoms with van der Waals surface area (Å²) in [6.07, 6.45) is -0.799. The molecule has 2 heterocycles. The van der Waals surface area contributed by atoms with Crippen LogP contribution < -0.4 is 5.32 Å². The number of aliphatic carboxylic acids is 1. The smallest absolute Gasteiger partial charge is 0.407 e. The Bertz CT molecular complexity index is 1070. The fraction of sp³-hybridized carbons (Fsp3) is 0.423. The van der Waals surface area contributed by atoms with E-state index in [0.717, 1.165) is 22.3 Å². The van der Waals surface area contributed by atoms with Crippen molar-refractivity contribution >= 4 is 18.0 Å². The van der Waals surface area contributed by atoms with Gasteiger partial charge in [-0.25, -0.2) is 4.79 Å². The largest absolute Gasteiger partial charge is 0.480 e. The molecule has 0 aromatic heterocycles. The summed E-state index contributed by atoms with van der Waals surface area (Å²) >= 11 is 0. The van der Waals surface area contributed by atoms with E-state index in [4.69, 9.17) is 14.6 Å². The molecule has 1 aliphatic carbocycles. The molecule has 0 saturated carbocycles. The first-order chi connectivity index (χ1) is 17.0. The maximum atomic E-state index is 13.0. The molecule has 2 atom stereocenters. The summed E-state index contributed by atoms with van der Waals surface area (Å²) in [6, 6.07) is 15.8. The Kier molecular flexibility index (Phi) is 6.70. The molecule has 0 spiro atoms. The van der Waals surface area contributed by atoms with E-state index in [1.165, 1.54) is 0 Å². The van der Waals surface area contributed by atoms with Crippen LogP contribution in [0.25, 0.3) is 11.1 Å². The Balaban J connectivity index is 1.16.